The largest absolute Gasteiger partial charge is 0.378 e. The lowest BCUT2D eigenvalue weighted by Crippen LogP contribution is -2.43. The molecule has 1 N–H and O–H groups in total. The van der Waals surface area contributed by atoms with Crippen molar-refractivity contribution in [1.29, 1.82) is 0 Å². The molecule has 1 aliphatic heterocycles. The van der Waals surface area contributed by atoms with Gasteiger partial charge in [-0.15, -0.1) is 0 Å². The summed E-state index contributed by atoms with van der Waals surface area (Å²) < 4.78 is 32.0. The van der Waals surface area contributed by atoms with Gasteiger partial charge in [-0.05, 0) is 18.7 Å². The molecule has 1 saturated heterocycles. The van der Waals surface area contributed by atoms with Gasteiger partial charge in [0.25, 0.3) is 5.91 Å². The van der Waals surface area contributed by atoms with Crippen LogP contribution in [0.2, 0.25) is 0 Å². The van der Waals surface area contributed by atoms with E-state index in [9.17, 15) is 13.6 Å². The van der Waals surface area contributed by atoms with Crippen LogP contribution in [0.5, 0.6) is 0 Å². The summed E-state index contributed by atoms with van der Waals surface area (Å²) in [5, 5.41) is 2.72. The van der Waals surface area contributed by atoms with E-state index < -0.39 is 17.5 Å². The summed E-state index contributed by atoms with van der Waals surface area (Å²) in [7, 11) is 1.58. The average Bonchev–Trinajstić information content (AvgIpc) is 2.84. The summed E-state index contributed by atoms with van der Waals surface area (Å²) in [5.41, 5.74) is -0.283. The minimum absolute atomic E-state index is 0.143. The number of likely N-dealkylation sites (N-methyl/N-ethyl adjacent to an activating group) is 1. The highest BCUT2D eigenvalue weighted by Gasteiger charge is 2.33. The molecule has 1 amide bonds. The molecule has 1 fully saturated rings. The first kappa shape index (κ1) is 14.9. The first-order chi connectivity index (χ1) is 9.56. The molecule has 0 aromatic heterocycles. The van der Waals surface area contributed by atoms with Crippen LogP contribution in [-0.2, 0) is 4.74 Å². The molecule has 0 unspecified atom stereocenters. The van der Waals surface area contributed by atoms with Gasteiger partial charge >= 0.3 is 0 Å². The van der Waals surface area contributed by atoms with E-state index >= 15 is 0 Å². The summed E-state index contributed by atoms with van der Waals surface area (Å²) in [6.07, 6.45) is -0.143. The molecule has 0 radical (unpaired) electrons. The highest BCUT2D eigenvalue weighted by Crippen LogP contribution is 2.15. The molecule has 110 valence electrons. The number of benzene rings is 1. The zero-order valence-electron chi connectivity index (χ0n) is 11.5. The molecule has 2 rings (SSSR count). The number of amides is 1. The number of rotatable bonds is 4. The number of nitrogens with zero attached hydrogens (tertiary/aromatic N) is 1. The van der Waals surface area contributed by atoms with E-state index in [-0.39, 0.29) is 17.7 Å². The maximum atomic E-state index is 13.6. The van der Waals surface area contributed by atoms with Crippen LogP contribution in [0.25, 0.3) is 0 Å². The molecular formula is C14H18F2N2O2. The molecule has 1 aromatic rings. The number of carbonyl (C=O) groups excluding carboxylic acids is 1. The van der Waals surface area contributed by atoms with Gasteiger partial charge < -0.3 is 10.1 Å². The van der Waals surface area contributed by atoms with Gasteiger partial charge in [-0.3, -0.25) is 9.69 Å². The highest BCUT2D eigenvalue weighted by atomic mass is 19.2. The summed E-state index contributed by atoms with van der Waals surface area (Å²) in [6.45, 7) is 4.21. The molecule has 2 atom stereocenters. The first-order valence-electron chi connectivity index (χ1n) is 6.56. The van der Waals surface area contributed by atoms with E-state index in [1.165, 1.54) is 12.1 Å². The van der Waals surface area contributed by atoms with E-state index in [0.717, 1.165) is 12.6 Å². The van der Waals surface area contributed by atoms with Crippen molar-refractivity contribution < 1.29 is 18.3 Å². The standard InChI is InChI=1S/C14H18F2N2O2/c1-3-18-7-11(12(8-18)20-2)17-14(19)9-5-4-6-10(15)13(9)16/h4-6,11-12H,3,7-8H2,1-2H3,(H,17,19)/t11-,12-/m0/s1. The van der Waals surface area contributed by atoms with Crippen LogP contribution in [0.1, 0.15) is 17.3 Å². The maximum Gasteiger partial charge on any atom is 0.254 e. The number of likely N-dealkylation sites (tertiary alicyclic amines) is 1. The molecule has 6 heteroatoms. The Morgan fingerprint density at radius 2 is 2.20 bits per heavy atom. The molecule has 4 nitrogen and oxygen atoms in total. The normalized spacial score (nSPS) is 23.0. The predicted octanol–water partition coefficient (Wildman–Crippen LogP) is 1.41. The lowest BCUT2D eigenvalue weighted by atomic mass is 10.1. The quantitative estimate of drug-likeness (QED) is 0.909. The van der Waals surface area contributed by atoms with Crippen molar-refractivity contribution in [2.45, 2.75) is 19.1 Å². The van der Waals surface area contributed by atoms with E-state index in [2.05, 4.69) is 10.2 Å². The fourth-order valence-corrected chi connectivity index (χ4v) is 2.41. The van der Waals surface area contributed by atoms with E-state index in [0.29, 0.717) is 13.1 Å². The molecule has 0 aliphatic carbocycles. The Bertz CT molecular complexity index is 496. The number of halogens is 2. The lowest BCUT2D eigenvalue weighted by Gasteiger charge is -2.18. The van der Waals surface area contributed by atoms with E-state index in [4.69, 9.17) is 4.74 Å². The lowest BCUT2D eigenvalue weighted by molar-refractivity contribution is 0.0759. The van der Waals surface area contributed by atoms with Crippen molar-refractivity contribution in [2.75, 3.05) is 26.7 Å². The Hall–Kier alpha value is -1.53. The monoisotopic (exact) mass is 284 g/mol. The Labute approximate surface area is 116 Å². The van der Waals surface area contributed by atoms with Gasteiger partial charge in [0, 0.05) is 20.2 Å². The van der Waals surface area contributed by atoms with Crippen molar-refractivity contribution >= 4 is 5.91 Å². The van der Waals surface area contributed by atoms with Gasteiger partial charge in [0.2, 0.25) is 0 Å². The van der Waals surface area contributed by atoms with Gasteiger partial charge in [0.1, 0.15) is 0 Å². The van der Waals surface area contributed by atoms with Crippen molar-refractivity contribution in [1.82, 2.24) is 10.2 Å². The van der Waals surface area contributed by atoms with Gasteiger partial charge in [-0.2, -0.15) is 0 Å². The summed E-state index contributed by atoms with van der Waals surface area (Å²) >= 11 is 0. The van der Waals surface area contributed by atoms with Crippen LogP contribution in [0.15, 0.2) is 18.2 Å². The maximum absolute atomic E-state index is 13.6. The zero-order chi connectivity index (χ0) is 14.7. The van der Waals surface area contributed by atoms with E-state index in [1.807, 2.05) is 6.92 Å². The van der Waals surface area contributed by atoms with Gasteiger partial charge in [-0.25, -0.2) is 8.78 Å². The SMILES string of the molecule is CCN1C[C@H](NC(=O)c2cccc(F)c2F)[C@@H](OC)C1. The van der Waals surface area contributed by atoms with Crippen LogP contribution >= 0.6 is 0 Å². The smallest absolute Gasteiger partial charge is 0.254 e. The fraction of sp³-hybridized carbons (Fsp3) is 0.500. The number of hydrogen-bond acceptors (Lipinski definition) is 3. The third-order valence-electron chi connectivity index (χ3n) is 3.60. The molecule has 1 aliphatic rings. The summed E-state index contributed by atoms with van der Waals surface area (Å²) in [4.78, 5) is 14.2. The Morgan fingerprint density at radius 3 is 2.85 bits per heavy atom. The van der Waals surface area contributed by atoms with Crippen LogP contribution in [0, 0.1) is 11.6 Å². The number of carbonyl (C=O) groups is 1. The summed E-state index contributed by atoms with van der Waals surface area (Å²) in [6, 6.07) is 3.34. The predicted molar refractivity (Wildman–Crippen MR) is 70.5 cm³/mol. The van der Waals surface area contributed by atoms with Crippen LogP contribution in [0.3, 0.4) is 0 Å². The van der Waals surface area contributed by atoms with Gasteiger partial charge in [0.05, 0.1) is 17.7 Å². The molecule has 1 heterocycles. The minimum atomic E-state index is -1.12. The summed E-state index contributed by atoms with van der Waals surface area (Å²) in [5.74, 6) is -2.76. The van der Waals surface area contributed by atoms with Crippen molar-refractivity contribution in [3.05, 3.63) is 35.4 Å². The molecular weight excluding hydrogens is 266 g/mol. The number of nitrogens with one attached hydrogen (secondary N) is 1. The van der Waals surface area contributed by atoms with Gasteiger partial charge in [0.15, 0.2) is 11.6 Å². The molecule has 20 heavy (non-hydrogen) atoms. The molecule has 1 aromatic carbocycles. The van der Waals surface area contributed by atoms with E-state index in [1.54, 1.807) is 7.11 Å². The number of methoxy groups -OCH3 is 1. The van der Waals surface area contributed by atoms with Crippen LogP contribution in [-0.4, -0.2) is 49.7 Å². The fourth-order valence-electron chi connectivity index (χ4n) is 2.41. The first-order valence-corrected chi connectivity index (χ1v) is 6.56. The average molecular weight is 284 g/mol. The van der Waals surface area contributed by atoms with Crippen molar-refractivity contribution in [3.8, 4) is 0 Å². The Balaban J connectivity index is 2.09. The highest BCUT2D eigenvalue weighted by molar-refractivity contribution is 5.94. The minimum Gasteiger partial charge on any atom is -0.378 e. The van der Waals surface area contributed by atoms with Crippen LogP contribution in [0.4, 0.5) is 8.78 Å². The van der Waals surface area contributed by atoms with Crippen LogP contribution < -0.4 is 5.32 Å². The van der Waals surface area contributed by atoms with Crippen molar-refractivity contribution in [3.63, 3.8) is 0 Å². The second kappa shape index (κ2) is 6.28. The third-order valence-corrected chi connectivity index (χ3v) is 3.60. The topological polar surface area (TPSA) is 41.6 Å². The van der Waals surface area contributed by atoms with Gasteiger partial charge in [-0.1, -0.05) is 13.0 Å². The number of ether oxygens (including phenoxy) is 1. The second-order valence-electron chi connectivity index (χ2n) is 4.81. The molecule has 0 saturated carbocycles. The Morgan fingerprint density at radius 1 is 1.45 bits per heavy atom. The number of hydrogen-bond donors (Lipinski definition) is 1. The zero-order valence-corrected chi connectivity index (χ0v) is 11.5. The molecule has 0 bridgehead atoms. The Kier molecular flexibility index (Phi) is 4.67. The second-order valence-corrected chi connectivity index (χ2v) is 4.81. The van der Waals surface area contributed by atoms with Crippen molar-refractivity contribution in [2.24, 2.45) is 0 Å². The molecule has 0 spiro atoms. The third kappa shape index (κ3) is 2.96.